The molecule has 0 saturated heterocycles. The van der Waals surface area contributed by atoms with E-state index in [0.29, 0.717) is 21.8 Å². The van der Waals surface area contributed by atoms with Crippen molar-refractivity contribution in [1.29, 1.82) is 0 Å². The highest BCUT2D eigenvalue weighted by atomic mass is 32.2. The van der Waals surface area contributed by atoms with Gasteiger partial charge < -0.3 is 5.32 Å². The number of amides is 1. The van der Waals surface area contributed by atoms with Crippen LogP contribution in [0.4, 0.5) is 24.5 Å². The van der Waals surface area contributed by atoms with E-state index >= 15 is 0 Å². The lowest BCUT2D eigenvalue weighted by molar-refractivity contribution is -0.137. The van der Waals surface area contributed by atoms with E-state index in [1.54, 1.807) is 29.8 Å². The van der Waals surface area contributed by atoms with Crippen molar-refractivity contribution in [3.63, 3.8) is 0 Å². The van der Waals surface area contributed by atoms with Gasteiger partial charge in [-0.3, -0.25) is 9.10 Å². The van der Waals surface area contributed by atoms with Crippen molar-refractivity contribution in [2.45, 2.75) is 11.1 Å². The molecule has 1 amide bonds. The molecule has 0 aliphatic carbocycles. The molecular weight excluding hydrogens is 525 g/mol. The molecular formula is C25H19F3N4O3S2. The van der Waals surface area contributed by atoms with Crippen molar-refractivity contribution in [3.8, 4) is 10.6 Å². The Balaban J connectivity index is 1.52. The molecule has 0 aliphatic heterocycles. The number of nitrogens with zero attached hydrogens (tertiary/aromatic N) is 3. The fourth-order valence-corrected chi connectivity index (χ4v) is 5.21. The van der Waals surface area contributed by atoms with E-state index in [-0.39, 0.29) is 10.6 Å². The lowest BCUT2D eigenvalue weighted by atomic mass is 10.2. The summed E-state index contributed by atoms with van der Waals surface area (Å²) in [5, 5.41) is 11.2. The van der Waals surface area contributed by atoms with E-state index < -0.39 is 27.7 Å². The van der Waals surface area contributed by atoms with Crippen LogP contribution in [0.3, 0.4) is 0 Å². The molecule has 4 aromatic rings. The Morgan fingerprint density at radius 3 is 2.51 bits per heavy atom. The number of hydrogen-bond acceptors (Lipinski definition) is 6. The SMILES string of the molecule is CN(c1cccc(C(F)(F)F)c1)S(=O)(=O)c1cccc(/C=C/C(=O)Nc2ccccc2-c2nncs2)c1. The summed E-state index contributed by atoms with van der Waals surface area (Å²) in [6, 6.07) is 16.9. The monoisotopic (exact) mass is 544 g/mol. The van der Waals surface area contributed by atoms with Crippen molar-refractivity contribution in [2.75, 3.05) is 16.7 Å². The number of hydrogen-bond donors (Lipinski definition) is 1. The molecule has 0 spiro atoms. The standard InChI is InChI=1S/C25H19F3N4O3S2/c1-32(19-8-5-7-18(15-19)25(26,27)28)37(34,35)20-9-4-6-17(14-20)12-13-23(33)30-22-11-3-2-10-21(22)24-31-29-16-36-24/h2-16H,1H3,(H,30,33)/b13-12+. The molecule has 1 heterocycles. The molecule has 7 nitrogen and oxygen atoms in total. The molecule has 0 saturated carbocycles. The molecule has 3 aromatic carbocycles. The van der Waals surface area contributed by atoms with Gasteiger partial charge in [0, 0.05) is 18.7 Å². The maximum atomic E-state index is 13.1. The van der Waals surface area contributed by atoms with Crippen molar-refractivity contribution >= 4 is 44.7 Å². The summed E-state index contributed by atoms with van der Waals surface area (Å²) >= 11 is 1.33. The van der Waals surface area contributed by atoms with Gasteiger partial charge >= 0.3 is 6.18 Å². The molecule has 0 atom stereocenters. The van der Waals surface area contributed by atoms with Crippen molar-refractivity contribution in [1.82, 2.24) is 10.2 Å². The molecule has 0 radical (unpaired) electrons. The van der Waals surface area contributed by atoms with Crippen molar-refractivity contribution in [3.05, 3.63) is 95.5 Å². The minimum atomic E-state index is -4.61. The average molecular weight is 545 g/mol. The molecule has 0 aliphatic rings. The Labute approximate surface area is 215 Å². The van der Waals surface area contributed by atoms with Crippen LogP contribution in [-0.2, 0) is 21.0 Å². The smallest absolute Gasteiger partial charge is 0.322 e. The molecule has 4 rings (SSSR count). The Morgan fingerprint density at radius 2 is 1.78 bits per heavy atom. The van der Waals surface area contributed by atoms with Crippen LogP contribution in [0.5, 0.6) is 0 Å². The lowest BCUT2D eigenvalue weighted by Crippen LogP contribution is -2.27. The van der Waals surface area contributed by atoms with Gasteiger partial charge in [0.1, 0.15) is 10.5 Å². The maximum absolute atomic E-state index is 13.1. The number of para-hydroxylation sites is 1. The number of nitrogens with one attached hydrogen (secondary N) is 1. The lowest BCUT2D eigenvalue weighted by Gasteiger charge is -2.21. The van der Waals surface area contributed by atoms with Gasteiger partial charge in [0.2, 0.25) is 5.91 Å². The second-order valence-corrected chi connectivity index (χ2v) is 10.5. The number of aromatic nitrogens is 2. The molecule has 0 fully saturated rings. The number of benzene rings is 3. The van der Waals surface area contributed by atoms with Gasteiger partial charge in [0.25, 0.3) is 10.0 Å². The normalized spacial score (nSPS) is 12.0. The van der Waals surface area contributed by atoms with Gasteiger partial charge in [-0.2, -0.15) is 13.2 Å². The first-order chi connectivity index (χ1) is 17.6. The Hall–Kier alpha value is -4.03. The third-order valence-corrected chi connectivity index (χ3v) is 7.76. The van der Waals surface area contributed by atoms with Crippen LogP contribution in [0.2, 0.25) is 0 Å². The van der Waals surface area contributed by atoms with Crippen LogP contribution in [-0.4, -0.2) is 31.6 Å². The Kier molecular flexibility index (Phi) is 7.41. The molecule has 1 N–H and O–H groups in total. The number of alkyl halides is 3. The first-order valence-electron chi connectivity index (χ1n) is 10.7. The van der Waals surface area contributed by atoms with E-state index in [4.69, 9.17) is 0 Å². The van der Waals surface area contributed by atoms with Crippen LogP contribution in [0.1, 0.15) is 11.1 Å². The Bertz CT molecular complexity index is 1550. The van der Waals surface area contributed by atoms with E-state index in [1.165, 1.54) is 54.8 Å². The highest BCUT2D eigenvalue weighted by molar-refractivity contribution is 7.92. The highest BCUT2D eigenvalue weighted by Crippen LogP contribution is 2.33. The quantitative estimate of drug-likeness (QED) is 0.301. The number of rotatable bonds is 7. The van der Waals surface area contributed by atoms with E-state index in [2.05, 4.69) is 15.5 Å². The van der Waals surface area contributed by atoms with E-state index in [9.17, 15) is 26.4 Å². The molecule has 190 valence electrons. The topological polar surface area (TPSA) is 92.3 Å². The van der Waals surface area contributed by atoms with Gasteiger partial charge in [-0.15, -0.1) is 10.2 Å². The fraction of sp³-hybridized carbons (Fsp3) is 0.0800. The second-order valence-electron chi connectivity index (χ2n) is 7.71. The predicted molar refractivity (Wildman–Crippen MR) is 136 cm³/mol. The summed E-state index contributed by atoms with van der Waals surface area (Å²) < 4.78 is 66.2. The summed E-state index contributed by atoms with van der Waals surface area (Å²) in [4.78, 5) is 12.4. The second kappa shape index (κ2) is 10.5. The molecule has 37 heavy (non-hydrogen) atoms. The van der Waals surface area contributed by atoms with Gasteiger partial charge in [-0.1, -0.05) is 41.7 Å². The zero-order valence-electron chi connectivity index (χ0n) is 19.2. The van der Waals surface area contributed by atoms with Crippen LogP contribution < -0.4 is 9.62 Å². The first-order valence-corrected chi connectivity index (χ1v) is 13.0. The van der Waals surface area contributed by atoms with E-state index in [1.807, 2.05) is 6.07 Å². The summed E-state index contributed by atoms with van der Waals surface area (Å²) in [7, 11) is -3.00. The number of carbonyl (C=O) groups excluding carboxylic acids is 1. The zero-order valence-corrected chi connectivity index (χ0v) is 20.8. The van der Waals surface area contributed by atoms with Crippen LogP contribution in [0.25, 0.3) is 16.6 Å². The largest absolute Gasteiger partial charge is 0.416 e. The highest BCUT2D eigenvalue weighted by Gasteiger charge is 2.31. The minimum absolute atomic E-state index is 0.135. The molecule has 0 bridgehead atoms. The van der Waals surface area contributed by atoms with Crippen LogP contribution in [0, 0.1) is 0 Å². The third kappa shape index (κ3) is 6.04. The molecule has 1 aromatic heterocycles. The van der Waals surface area contributed by atoms with E-state index in [0.717, 1.165) is 22.5 Å². The molecule has 0 unspecified atom stereocenters. The summed E-state index contributed by atoms with van der Waals surface area (Å²) in [6.45, 7) is 0. The number of halogens is 3. The fourth-order valence-electron chi connectivity index (χ4n) is 3.37. The first kappa shape index (κ1) is 26.0. The summed E-state index contributed by atoms with van der Waals surface area (Å²) in [5.74, 6) is -0.452. The van der Waals surface area contributed by atoms with Crippen LogP contribution >= 0.6 is 11.3 Å². The summed E-state index contributed by atoms with van der Waals surface area (Å²) in [6.07, 6.45) is -1.92. The maximum Gasteiger partial charge on any atom is 0.416 e. The number of carbonyl (C=O) groups is 1. The van der Waals surface area contributed by atoms with Crippen molar-refractivity contribution < 1.29 is 26.4 Å². The molecule has 12 heteroatoms. The van der Waals surface area contributed by atoms with Gasteiger partial charge in [0.15, 0.2) is 0 Å². The Morgan fingerprint density at radius 1 is 1.03 bits per heavy atom. The van der Waals surface area contributed by atoms with Gasteiger partial charge in [0.05, 0.1) is 21.8 Å². The third-order valence-electron chi connectivity index (χ3n) is 5.26. The zero-order chi connectivity index (χ0) is 26.6. The van der Waals surface area contributed by atoms with Gasteiger partial charge in [-0.25, -0.2) is 8.42 Å². The van der Waals surface area contributed by atoms with Gasteiger partial charge in [-0.05, 0) is 54.1 Å². The predicted octanol–water partition coefficient (Wildman–Crippen LogP) is 5.70. The summed E-state index contributed by atoms with van der Waals surface area (Å²) in [5.41, 5.74) is 2.14. The minimum Gasteiger partial charge on any atom is -0.322 e. The number of anilines is 2. The van der Waals surface area contributed by atoms with Crippen LogP contribution in [0.15, 0.2) is 89.3 Å². The average Bonchev–Trinajstić information content (AvgIpc) is 3.42. The van der Waals surface area contributed by atoms with Crippen molar-refractivity contribution in [2.24, 2.45) is 0 Å². The number of sulfonamides is 1.